The predicted octanol–water partition coefficient (Wildman–Crippen LogP) is 3.36. The van der Waals surface area contributed by atoms with Gasteiger partial charge in [-0.3, -0.25) is 0 Å². The fourth-order valence-electron chi connectivity index (χ4n) is 1.73. The number of aryl methyl sites for hydroxylation is 1. The summed E-state index contributed by atoms with van der Waals surface area (Å²) in [6.45, 7) is 1.83. The average Bonchev–Trinajstić information content (AvgIpc) is 2.36. The molecular weight excluding hydrogens is 266 g/mol. The van der Waals surface area contributed by atoms with E-state index in [1.165, 1.54) is 12.1 Å². The normalized spacial score (nSPS) is 10.3. The Kier molecular flexibility index (Phi) is 3.93. The lowest BCUT2D eigenvalue weighted by molar-refractivity contribution is 0.0696. The summed E-state index contributed by atoms with van der Waals surface area (Å²) in [5.41, 5.74) is 0.806. The fourth-order valence-corrected chi connectivity index (χ4v) is 1.73. The van der Waals surface area contributed by atoms with Crippen LogP contribution in [0.15, 0.2) is 30.3 Å². The first kappa shape index (κ1) is 13.9. The minimum absolute atomic E-state index is 0.0659. The molecule has 0 radical (unpaired) electrons. The number of rotatable bonds is 4. The van der Waals surface area contributed by atoms with E-state index in [2.05, 4.69) is 10.3 Å². The third kappa shape index (κ3) is 3.28. The maximum atomic E-state index is 13.1. The number of pyridine rings is 1. The van der Waals surface area contributed by atoms with Gasteiger partial charge in [0.05, 0.1) is 5.56 Å². The van der Waals surface area contributed by atoms with E-state index in [9.17, 15) is 13.6 Å². The van der Waals surface area contributed by atoms with Crippen molar-refractivity contribution in [3.8, 4) is 0 Å². The number of halogens is 2. The first-order chi connectivity index (χ1) is 9.47. The monoisotopic (exact) mass is 278 g/mol. The Morgan fingerprint density at radius 3 is 2.40 bits per heavy atom. The van der Waals surface area contributed by atoms with Crippen molar-refractivity contribution >= 4 is 17.5 Å². The Bertz CT molecular complexity index is 639. The number of aromatic nitrogens is 1. The van der Waals surface area contributed by atoms with Crippen LogP contribution in [0.3, 0.4) is 0 Å². The summed E-state index contributed by atoms with van der Waals surface area (Å²) < 4.78 is 26.2. The quantitative estimate of drug-likeness (QED) is 0.900. The zero-order chi connectivity index (χ0) is 14.7. The lowest BCUT2D eigenvalue weighted by Crippen LogP contribution is -2.03. The highest BCUT2D eigenvalue weighted by Crippen LogP contribution is 2.19. The highest BCUT2D eigenvalue weighted by molar-refractivity contribution is 5.88. The molecule has 0 fully saturated rings. The van der Waals surface area contributed by atoms with E-state index in [1.54, 1.807) is 0 Å². The molecule has 2 aromatic rings. The van der Waals surface area contributed by atoms with E-state index >= 15 is 0 Å². The minimum atomic E-state index is -1.09. The third-order valence-corrected chi connectivity index (χ3v) is 2.62. The topological polar surface area (TPSA) is 62.2 Å². The summed E-state index contributed by atoms with van der Waals surface area (Å²) in [4.78, 5) is 15.2. The van der Waals surface area contributed by atoms with Crippen molar-refractivity contribution in [1.29, 1.82) is 0 Å². The largest absolute Gasteiger partial charge is 0.478 e. The SMILES string of the molecule is CCc1cc(C(=O)O)cc(Nc2cc(F)cc(F)c2)n1. The van der Waals surface area contributed by atoms with Crippen LogP contribution < -0.4 is 5.32 Å². The molecule has 0 aliphatic heterocycles. The van der Waals surface area contributed by atoms with Crippen LogP contribution >= 0.6 is 0 Å². The Morgan fingerprint density at radius 1 is 1.20 bits per heavy atom. The molecule has 0 aliphatic rings. The van der Waals surface area contributed by atoms with Crippen LogP contribution in [0.1, 0.15) is 23.0 Å². The van der Waals surface area contributed by atoms with Crippen molar-refractivity contribution in [3.63, 3.8) is 0 Å². The van der Waals surface area contributed by atoms with Crippen molar-refractivity contribution in [2.45, 2.75) is 13.3 Å². The maximum absolute atomic E-state index is 13.1. The number of carboxylic acid groups (broad SMARTS) is 1. The number of carboxylic acids is 1. The molecule has 0 spiro atoms. The van der Waals surface area contributed by atoms with Gasteiger partial charge in [-0.15, -0.1) is 0 Å². The molecule has 2 N–H and O–H groups in total. The van der Waals surface area contributed by atoms with E-state index in [1.807, 2.05) is 6.92 Å². The molecule has 0 amide bonds. The van der Waals surface area contributed by atoms with Crippen LogP contribution in [-0.4, -0.2) is 16.1 Å². The van der Waals surface area contributed by atoms with Crippen molar-refractivity contribution in [2.75, 3.05) is 5.32 Å². The summed E-state index contributed by atoms with van der Waals surface area (Å²) in [6.07, 6.45) is 0.549. The molecule has 20 heavy (non-hydrogen) atoms. The Balaban J connectivity index is 2.37. The predicted molar refractivity (Wildman–Crippen MR) is 70.2 cm³/mol. The van der Waals surface area contributed by atoms with Gasteiger partial charge < -0.3 is 10.4 Å². The van der Waals surface area contributed by atoms with Crippen LogP contribution in [0.4, 0.5) is 20.3 Å². The number of hydrogen-bond acceptors (Lipinski definition) is 3. The number of nitrogens with zero attached hydrogens (tertiary/aromatic N) is 1. The number of aromatic carboxylic acids is 1. The second kappa shape index (κ2) is 5.64. The van der Waals surface area contributed by atoms with Crippen molar-refractivity contribution in [1.82, 2.24) is 4.98 Å². The van der Waals surface area contributed by atoms with Gasteiger partial charge in [0.15, 0.2) is 0 Å². The molecule has 104 valence electrons. The highest BCUT2D eigenvalue weighted by Gasteiger charge is 2.09. The van der Waals surface area contributed by atoms with Gasteiger partial charge in [0.2, 0.25) is 0 Å². The van der Waals surface area contributed by atoms with Crippen LogP contribution in [-0.2, 0) is 6.42 Å². The van der Waals surface area contributed by atoms with Gasteiger partial charge in [-0.1, -0.05) is 6.92 Å². The molecular formula is C14H12F2N2O2. The summed E-state index contributed by atoms with van der Waals surface area (Å²) in [7, 11) is 0. The van der Waals surface area contributed by atoms with Crippen molar-refractivity contribution in [2.24, 2.45) is 0 Å². The molecule has 6 heteroatoms. The first-order valence-electron chi connectivity index (χ1n) is 5.95. The van der Waals surface area contributed by atoms with Gasteiger partial charge in [0, 0.05) is 17.4 Å². The number of hydrogen-bond donors (Lipinski definition) is 2. The molecule has 4 nitrogen and oxygen atoms in total. The summed E-state index contributed by atoms with van der Waals surface area (Å²) in [6, 6.07) is 5.72. The molecule has 0 aliphatic carbocycles. The fraction of sp³-hybridized carbons (Fsp3) is 0.143. The minimum Gasteiger partial charge on any atom is -0.478 e. The number of nitrogens with one attached hydrogen (secondary N) is 1. The van der Waals surface area contributed by atoms with Crippen LogP contribution in [0.5, 0.6) is 0 Å². The van der Waals surface area contributed by atoms with Gasteiger partial charge >= 0.3 is 5.97 Å². The van der Waals surface area contributed by atoms with Gasteiger partial charge in [-0.25, -0.2) is 18.6 Å². The van der Waals surface area contributed by atoms with Crippen LogP contribution in [0, 0.1) is 11.6 Å². The Hall–Kier alpha value is -2.50. The number of anilines is 2. The van der Waals surface area contributed by atoms with Gasteiger partial charge in [-0.2, -0.15) is 0 Å². The third-order valence-electron chi connectivity index (χ3n) is 2.62. The molecule has 2 rings (SSSR count). The van der Waals surface area contributed by atoms with E-state index in [0.717, 1.165) is 18.2 Å². The average molecular weight is 278 g/mol. The molecule has 0 atom stereocenters. The van der Waals surface area contributed by atoms with E-state index in [4.69, 9.17) is 5.11 Å². The lowest BCUT2D eigenvalue weighted by Gasteiger charge is -2.09. The van der Waals surface area contributed by atoms with Gasteiger partial charge in [-0.05, 0) is 30.7 Å². The molecule has 1 aromatic carbocycles. The molecule has 0 bridgehead atoms. The van der Waals surface area contributed by atoms with Crippen LogP contribution in [0.25, 0.3) is 0 Å². The zero-order valence-electron chi connectivity index (χ0n) is 10.7. The van der Waals surface area contributed by atoms with E-state index < -0.39 is 17.6 Å². The smallest absolute Gasteiger partial charge is 0.335 e. The lowest BCUT2D eigenvalue weighted by atomic mass is 10.2. The van der Waals surface area contributed by atoms with Crippen molar-refractivity contribution < 1.29 is 18.7 Å². The van der Waals surface area contributed by atoms with Crippen LogP contribution in [0.2, 0.25) is 0 Å². The van der Waals surface area contributed by atoms with E-state index in [-0.39, 0.29) is 17.1 Å². The first-order valence-corrected chi connectivity index (χ1v) is 5.95. The standard InChI is InChI=1S/C14H12F2N2O2/c1-2-11-3-8(14(19)20)4-13(17-11)18-12-6-9(15)5-10(16)7-12/h3-7H,2H2,1H3,(H,17,18)(H,19,20). The number of benzene rings is 1. The molecule has 0 unspecified atom stereocenters. The summed E-state index contributed by atoms with van der Waals surface area (Å²) in [5.74, 6) is -2.31. The number of carbonyl (C=O) groups is 1. The Morgan fingerprint density at radius 2 is 1.85 bits per heavy atom. The second-order valence-electron chi connectivity index (χ2n) is 4.17. The van der Waals surface area contributed by atoms with Gasteiger partial charge in [0.1, 0.15) is 17.5 Å². The summed E-state index contributed by atoms with van der Waals surface area (Å²) in [5, 5.41) is 11.7. The highest BCUT2D eigenvalue weighted by atomic mass is 19.1. The van der Waals surface area contributed by atoms with Crippen molar-refractivity contribution in [3.05, 3.63) is 53.2 Å². The maximum Gasteiger partial charge on any atom is 0.335 e. The molecule has 0 saturated carbocycles. The Labute approximate surface area is 114 Å². The molecule has 1 aromatic heterocycles. The zero-order valence-corrected chi connectivity index (χ0v) is 10.7. The molecule has 1 heterocycles. The molecule has 0 saturated heterocycles. The van der Waals surface area contributed by atoms with Gasteiger partial charge in [0.25, 0.3) is 0 Å². The summed E-state index contributed by atoms with van der Waals surface area (Å²) >= 11 is 0. The van der Waals surface area contributed by atoms with E-state index in [0.29, 0.717) is 12.1 Å². The second-order valence-corrected chi connectivity index (χ2v) is 4.17.